The zero-order chi connectivity index (χ0) is 22.1. The van der Waals surface area contributed by atoms with E-state index in [0.717, 1.165) is 20.2 Å². The fourth-order valence-corrected chi connectivity index (χ4v) is 3.66. The summed E-state index contributed by atoms with van der Waals surface area (Å²) >= 11 is 9.74. The standard InChI is InChI=1S/C21H18BrClN6O2/c1-27-18-17(19(30)28(2)21(27)31)29(12-14-5-3-4-6-16(14)23)20(25-18)26-24-11-13-7-9-15(22)10-8-13/h3-11H,12H2,1-2H3,(H,25,26). The molecule has 2 aromatic carbocycles. The number of hydrogen-bond acceptors (Lipinski definition) is 5. The number of aryl methyl sites for hydroxylation is 1. The van der Waals surface area contributed by atoms with E-state index in [4.69, 9.17) is 11.6 Å². The second kappa shape index (κ2) is 8.52. The van der Waals surface area contributed by atoms with Crippen LogP contribution in [-0.2, 0) is 20.6 Å². The van der Waals surface area contributed by atoms with Crippen molar-refractivity contribution in [3.8, 4) is 0 Å². The number of nitrogens with one attached hydrogen (secondary N) is 1. The fraction of sp³-hybridized carbons (Fsp3) is 0.143. The molecule has 0 saturated carbocycles. The quantitative estimate of drug-likeness (QED) is 0.336. The number of halogens is 2. The van der Waals surface area contributed by atoms with E-state index in [2.05, 4.69) is 31.4 Å². The highest BCUT2D eigenvalue weighted by atomic mass is 79.9. The molecule has 8 nitrogen and oxygen atoms in total. The van der Waals surface area contributed by atoms with Crippen molar-refractivity contribution in [1.82, 2.24) is 18.7 Å². The van der Waals surface area contributed by atoms with Gasteiger partial charge >= 0.3 is 5.69 Å². The third-order valence-corrected chi connectivity index (χ3v) is 5.78. The fourth-order valence-electron chi connectivity index (χ4n) is 3.20. The number of hydrogen-bond donors (Lipinski definition) is 1. The summed E-state index contributed by atoms with van der Waals surface area (Å²) < 4.78 is 5.04. The first-order chi connectivity index (χ1) is 14.9. The summed E-state index contributed by atoms with van der Waals surface area (Å²) in [5.41, 5.74) is 4.24. The van der Waals surface area contributed by atoms with E-state index in [-0.39, 0.29) is 17.7 Å². The maximum atomic E-state index is 12.9. The molecule has 0 aliphatic heterocycles. The van der Waals surface area contributed by atoms with Crippen LogP contribution in [0.4, 0.5) is 5.95 Å². The van der Waals surface area contributed by atoms with Gasteiger partial charge in [0.25, 0.3) is 5.56 Å². The number of rotatable bonds is 5. The van der Waals surface area contributed by atoms with Gasteiger partial charge in [0.05, 0.1) is 12.8 Å². The highest BCUT2D eigenvalue weighted by Gasteiger charge is 2.19. The molecule has 31 heavy (non-hydrogen) atoms. The Labute approximate surface area is 190 Å². The van der Waals surface area contributed by atoms with Crippen LogP contribution in [0.1, 0.15) is 11.1 Å². The van der Waals surface area contributed by atoms with Crippen LogP contribution in [0.3, 0.4) is 0 Å². The van der Waals surface area contributed by atoms with E-state index in [0.29, 0.717) is 11.0 Å². The third-order valence-electron chi connectivity index (χ3n) is 4.88. The molecule has 0 unspecified atom stereocenters. The molecule has 10 heteroatoms. The highest BCUT2D eigenvalue weighted by Crippen LogP contribution is 2.22. The number of hydrazone groups is 1. The van der Waals surface area contributed by atoms with Crippen molar-refractivity contribution in [2.24, 2.45) is 19.2 Å². The zero-order valence-electron chi connectivity index (χ0n) is 16.7. The first-order valence-corrected chi connectivity index (χ1v) is 10.5. The smallest absolute Gasteiger partial charge is 0.298 e. The summed E-state index contributed by atoms with van der Waals surface area (Å²) in [6, 6.07) is 15.0. The number of aromatic nitrogens is 4. The van der Waals surface area contributed by atoms with Crippen LogP contribution in [0.2, 0.25) is 5.02 Å². The minimum absolute atomic E-state index is 0.265. The number of imidazole rings is 1. The lowest BCUT2D eigenvalue weighted by Gasteiger charge is -2.10. The number of fused-ring (bicyclic) bond motifs is 1. The van der Waals surface area contributed by atoms with Gasteiger partial charge in [-0.15, -0.1) is 0 Å². The first-order valence-electron chi connectivity index (χ1n) is 9.31. The zero-order valence-corrected chi connectivity index (χ0v) is 19.1. The Morgan fingerprint density at radius 3 is 2.52 bits per heavy atom. The minimum atomic E-state index is -0.454. The van der Waals surface area contributed by atoms with Crippen LogP contribution in [0, 0.1) is 0 Å². The molecular formula is C21H18BrClN6O2. The third kappa shape index (κ3) is 4.06. The van der Waals surface area contributed by atoms with Crippen molar-refractivity contribution in [1.29, 1.82) is 0 Å². The van der Waals surface area contributed by atoms with Gasteiger partial charge in [0.15, 0.2) is 11.2 Å². The van der Waals surface area contributed by atoms with Crippen LogP contribution < -0.4 is 16.7 Å². The Morgan fingerprint density at radius 2 is 1.81 bits per heavy atom. The van der Waals surface area contributed by atoms with E-state index in [1.54, 1.807) is 23.9 Å². The molecular weight excluding hydrogens is 484 g/mol. The molecule has 0 fully saturated rings. The van der Waals surface area contributed by atoms with Crippen LogP contribution in [0.25, 0.3) is 11.2 Å². The summed E-state index contributed by atoms with van der Waals surface area (Å²) in [4.78, 5) is 29.8. The second-order valence-electron chi connectivity index (χ2n) is 6.91. The molecule has 2 heterocycles. The van der Waals surface area contributed by atoms with E-state index in [1.165, 1.54) is 11.6 Å². The van der Waals surface area contributed by atoms with Crippen LogP contribution in [-0.4, -0.2) is 24.9 Å². The monoisotopic (exact) mass is 500 g/mol. The maximum absolute atomic E-state index is 12.9. The van der Waals surface area contributed by atoms with Gasteiger partial charge in [-0.05, 0) is 29.3 Å². The summed E-state index contributed by atoms with van der Waals surface area (Å²) in [5.74, 6) is 0.321. The Balaban J connectivity index is 1.83. The van der Waals surface area contributed by atoms with Gasteiger partial charge in [-0.1, -0.05) is 57.9 Å². The van der Waals surface area contributed by atoms with Crippen molar-refractivity contribution in [2.45, 2.75) is 6.54 Å². The predicted octanol–water partition coefficient (Wildman–Crippen LogP) is 3.34. The van der Waals surface area contributed by atoms with E-state index in [9.17, 15) is 9.59 Å². The Morgan fingerprint density at radius 1 is 1.10 bits per heavy atom. The summed E-state index contributed by atoms with van der Waals surface area (Å²) in [7, 11) is 3.02. The highest BCUT2D eigenvalue weighted by molar-refractivity contribution is 9.10. The van der Waals surface area contributed by atoms with Gasteiger partial charge in [0, 0.05) is 23.6 Å². The average molecular weight is 502 g/mol. The Hall–Kier alpha value is -3.17. The largest absolute Gasteiger partial charge is 0.332 e. The summed E-state index contributed by atoms with van der Waals surface area (Å²) in [6.45, 7) is 0.278. The molecule has 1 N–H and O–H groups in total. The molecule has 0 amide bonds. The number of benzene rings is 2. The normalized spacial score (nSPS) is 11.5. The van der Waals surface area contributed by atoms with Crippen molar-refractivity contribution in [2.75, 3.05) is 5.43 Å². The van der Waals surface area contributed by atoms with Gasteiger partial charge in [-0.25, -0.2) is 10.2 Å². The number of nitrogens with zero attached hydrogens (tertiary/aromatic N) is 5. The molecule has 0 spiro atoms. The van der Waals surface area contributed by atoms with E-state index in [1.807, 2.05) is 42.5 Å². The van der Waals surface area contributed by atoms with E-state index < -0.39 is 11.2 Å². The molecule has 2 aromatic heterocycles. The van der Waals surface area contributed by atoms with E-state index >= 15 is 0 Å². The summed E-state index contributed by atoms with van der Waals surface area (Å²) in [6.07, 6.45) is 1.64. The van der Waals surface area contributed by atoms with Crippen molar-refractivity contribution < 1.29 is 0 Å². The van der Waals surface area contributed by atoms with Gasteiger partial charge in [-0.3, -0.25) is 18.5 Å². The lowest BCUT2D eigenvalue weighted by atomic mass is 10.2. The molecule has 0 aliphatic rings. The maximum Gasteiger partial charge on any atom is 0.332 e. The molecule has 0 atom stereocenters. The van der Waals surface area contributed by atoms with Crippen LogP contribution >= 0.6 is 27.5 Å². The SMILES string of the molecule is Cn1c(=O)c2c(nc(NN=Cc3ccc(Br)cc3)n2Cc2ccccc2Cl)n(C)c1=O. The van der Waals surface area contributed by atoms with Crippen molar-refractivity contribution >= 4 is 50.9 Å². The molecule has 158 valence electrons. The van der Waals surface area contributed by atoms with Crippen LogP contribution in [0.5, 0.6) is 0 Å². The van der Waals surface area contributed by atoms with Gasteiger partial charge in [-0.2, -0.15) is 10.1 Å². The minimum Gasteiger partial charge on any atom is -0.298 e. The second-order valence-corrected chi connectivity index (χ2v) is 8.24. The molecule has 0 bridgehead atoms. The molecule has 0 radical (unpaired) electrons. The lowest BCUT2D eigenvalue weighted by Crippen LogP contribution is -2.37. The van der Waals surface area contributed by atoms with Crippen molar-refractivity contribution in [3.63, 3.8) is 0 Å². The Bertz CT molecular complexity index is 1420. The van der Waals surface area contributed by atoms with Gasteiger partial charge in [0.2, 0.25) is 5.95 Å². The lowest BCUT2D eigenvalue weighted by molar-refractivity contribution is 0.702. The topological polar surface area (TPSA) is 86.2 Å². The molecule has 0 aliphatic carbocycles. The molecule has 4 aromatic rings. The van der Waals surface area contributed by atoms with Gasteiger partial charge < -0.3 is 0 Å². The molecule has 4 rings (SSSR count). The summed E-state index contributed by atoms with van der Waals surface area (Å²) in [5, 5.41) is 4.83. The Kier molecular flexibility index (Phi) is 5.79. The molecule has 0 saturated heterocycles. The predicted molar refractivity (Wildman–Crippen MR) is 126 cm³/mol. The average Bonchev–Trinajstić information content (AvgIpc) is 3.12. The van der Waals surface area contributed by atoms with Crippen molar-refractivity contribution in [3.05, 3.63) is 90.0 Å². The first kappa shape index (κ1) is 21.1. The van der Waals surface area contributed by atoms with Crippen LogP contribution in [0.15, 0.2) is 67.7 Å². The van der Waals surface area contributed by atoms with Gasteiger partial charge in [0.1, 0.15) is 0 Å². The number of anilines is 1.